The summed E-state index contributed by atoms with van der Waals surface area (Å²) in [6.45, 7) is 0.588. The summed E-state index contributed by atoms with van der Waals surface area (Å²) in [6, 6.07) is 0. The van der Waals surface area contributed by atoms with Crippen molar-refractivity contribution in [3.05, 3.63) is 0 Å². The lowest BCUT2D eigenvalue weighted by Crippen LogP contribution is -2.19. The average molecular weight is 157 g/mol. The van der Waals surface area contributed by atoms with Gasteiger partial charge in [-0.15, -0.1) is 0 Å². The first-order valence-corrected chi connectivity index (χ1v) is 3.55. The fourth-order valence-electron chi connectivity index (χ4n) is 1.34. The van der Waals surface area contributed by atoms with Gasteiger partial charge in [0.25, 0.3) is 0 Å². The molecular formula is C7H11NO3. The molecule has 0 aromatic carbocycles. The quantitative estimate of drug-likeness (QED) is 0.610. The number of rotatable bonds is 2. The number of carboxylic acids is 1. The predicted octanol–water partition coefficient (Wildman–Crippen LogP) is -0.0606. The van der Waals surface area contributed by atoms with Crippen molar-refractivity contribution < 1.29 is 14.7 Å². The zero-order chi connectivity index (χ0) is 8.43. The lowest BCUT2D eigenvalue weighted by atomic mass is 10.1. The van der Waals surface area contributed by atoms with Crippen LogP contribution in [0.1, 0.15) is 12.8 Å². The van der Waals surface area contributed by atoms with Crippen molar-refractivity contribution in [3.63, 3.8) is 0 Å². The van der Waals surface area contributed by atoms with Crippen LogP contribution in [0, 0.1) is 5.92 Å². The minimum atomic E-state index is -0.821. The SMILES string of the molecule is CN1C[C@H](CC(=O)O)CC1=O. The third-order valence-corrected chi connectivity index (χ3v) is 1.88. The molecule has 1 atom stereocenters. The van der Waals surface area contributed by atoms with E-state index in [1.165, 1.54) is 0 Å². The Hall–Kier alpha value is -1.06. The van der Waals surface area contributed by atoms with Crippen molar-refractivity contribution in [2.75, 3.05) is 13.6 Å². The zero-order valence-electron chi connectivity index (χ0n) is 6.41. The molecule has 0 unspecified atom stereocenters. The lowest BCUT2D eigenvalue weighted by molar-refractivity contribution is -0.137. The number of carbonyl (C=O) groups excluding carboxylic acids is 1. The monoisotopic (exact) mass is 157 g/mol. The predicted molar refractivity (Wildman–Crippen MR) is 38.0 cm³/mol. The molecule has 1 N–H and O–H groups in total. The molecule has 1 rings (SSSR count). The van der Waals surface area contributed by atoms with Gasteiger partial charge in [-0.25, -0.2) is 0 Å². The van der Waals surface area contributed by atoms with Gasteiger partial charge in [0.2, 0.25) is 5.91 Å². The van der Waals surface area contributed by atoms with Gasteiger partial charge in [0.1, 0.15) is 0 Å². The first-order chi connectivity index (χ1) is 5.09. The van der Waals surface area contributed by atoms with Gasteiger partial charge in [-0.3, -0.25) is 9.59 Å². The molecule has 0 spiro atoms. The highest BCUT2D eigenvalue weighted by molar-refractivity contribution is 5.79. The number of likely N-dealkylation sites (tertiary alicyclic amines) is 1. The van der Waals surface area contributed by atoms with Crippen molar-refractivity contribution in [1.82, 2.24) is 4.90 Å². The van der Waals surface area contributed by atoms with E-state index in [0.717, 1.165) is 0 Å². The molecule has 0 radical (unpaired) electrons. The van der Waals surface area contributed by atoms with E-state index in [1.54, 1.807) is 11.9 Å². The van der Waals surface area contributed by atoms with Crippen molar-refractivity contribution in [2.45, 2.75) is 12.8 Å². The summed E-state index contributed by atoms with van der Waals surface area (Å²) in [7, 11) is 1.70. The maximum atomic E-state index is 10.9. The summed E-state index contributed by atoms with van der Waals surface area (Å²) in [5.74, 6) is -0.751. The number of amides is 1. The number of aliphatic carboxylic acids is 1. The highest BCUT2D eigenvalue weighted by Crippen LogP contribution is 2.18. The highest BCUT2D eigenvalue weighted by Gasteiger charge is 2.27. The minimum absolute atomic E-state index is 0.0185. The van der Waals surface area contributed by atoms with Crippen molar-refractivity contribution in [1.29, 1.82) is 0 Å². The molecular weight excluding hydrogens is 146 g/mol. The normalized spacial score (nSPS) is 24.3. The molecule has 4 nitrogen and oxygen atoms in total. The summed E-state index contributed by atoms with van der Waals surface area (Å²) >= 11 is 0. The second-order valence-corrected chi connectivity index (χ2v) is 2.94. The van der Waals surface area contributed by atoms with E-state index in [0.29, 0.717) is 13.0 Å². The van der Waals surface area contributed by atoms with E-state index in [9.17, 15) is 9.59 Å². The molecule has 1 amide bonds. The van der Waals surface area contributed by atoms with Gasteiger partial charge in [0, 0.05) is 20.0 Å². The first-order valence-electron chi connectivity index (χ1n) is 3.55. The summed E-state index contributed by atoms with van der Waals surface area (Å²) in [6.07, 6.45) is 0.499. The number of nitrogens with zero attached hydrogens (tertiary/aromatic N) is 1. The fraction of sp³-hybridized carbons (Fsp3) is 0.714. The molecule has 0 saturated carbocycles. The Morgan fingerprint density at radius 2 is 2.45 bits per heavy atom. The van der Waals surface area contributed by atoms with Gasteiger partial charge in [-0.2, -0.15) is 0 Å². The Balaban J connectivity index is 2.41. The van der Waals surface area contributed by atoms with Gasteiger partial charge in [0.05, 0.1) is 6.42 Å². The molecule has 4 heteroatoms. The van der Waals surface area contributed by atoms with Crippen LogP contribution in [0.3, 0.4) is 0 Å². The third kappa shape index (κ3) is 1.93. The molecule has 0 aromatic rings. The maximum Gasteiger partial charge on any atom is 0.303 e. The van der Waals surface area contributed by atoms with Gasteiger partial charge < -0.3 is 10.0 Å². The van der Waals surface area contributed by atoms with Gasteiger partial charge in [0.15, 0.2) is 0 Å². The van der Waals surface area contributed by atoms with Gasteiger partial charge in [-0.05, 0) is 5.92 Å². The van der Waals surface area contributed by atoms with Crippen LogP contribution >= 0.6 is 0 Å². The van der Waals surface area contributed by atoms with Crippen LogP contribution in [-0.4, -0.2) is 35.5 Å². The summed E-state index contributed by atoms with van der Waals surface area (Å²) in [5, 5.41) is 8.42. The second-order valence-electron chi connectivity index (χ2n) is 2.94. The van der Waals surface area contributed by atoms with Crippen molar-refractivity contribution in [3.8, 4) is 0 Å². The molecule has 1 fully saturated rings. The number of carboxylic acid groups (broad SMARTS) is 1. The standard InChI is InChI=1S/C7H11NO3/c1-8-4-5(2-6(8)9)3-7(10)11/h5H,2-4H2,1H3,(H,10,11)/t5-/m0/s1. The van der Waals surface area contributed by atoms with E-state index < -0.39 is 5.97 Å². The number of hydrogen-bond acceptors (Lipinski definition) is 2. The average Bonchev–Trinajstić information content (AvgIpc) is 2.10. The molecule has 11 heavy (non-hydrogen) atoms. The van der Waals surface area contributed by atoms with Crippen LogP contribution < -0.4 is 0 Å². The van der Waals surface area contributed by atoms with Crippen LogP contribution in [0.25, 0.3) is 0 Å². The Bertz CT molecular complexity index is 188. The van der Waals surface area contributed by atoms with Crippen molar-refractivity contribution in [2.24, 2.45) is 5.92 Å². The largest absolute Gasteiger partial charge is 0.481 e. The Morgan fingerprint density at radius 3 is 2.82 bits per heavy atom. The zero-order valence-corrected chi connectivity index (χ0v) is 6.41. The Labute approximate surface area is 64.8 Å². The maximum absolute atomic E-state index is 10.9. The Morgan fingerprint density at radius 1 is 1.82 bits per heavy atom. The molecule has 1 heterocycles. The van der Waals surface area contributed by atoms with Crippen LogP contribution in [0.4, 0.5) is 0 Å². The van der Waals surface area contributed by atoms with Crippen molar-refractivity contribution >= 4 is 11.9 Å². The Kier molecular flexibility index (Phi) is 2.12. The molecule has 0 aliphatic carbocycles. The molecule has 62 valence electrons. The van der Waals surface area contributed by atoms with Crippen LogP contribution in [0.15, 0.2) is 0 Å². The van der Waals surface area contributed by atoms with E-state index in [4.69, 9.17) is 5.11 Å². The topological polar surface area (TPSA) is 57.6 Å². The molecule has 1 aliphatic heterocycles. The summed E-state index contributed by atoms with van der Waals surface area (Å²) in [4.78, 5) is 22.7. The summed E-state index contributed by atoms with van der Waals surface area (Å²) < 4.78 is 0. The third-order valence-electron chi connectivity index (χ3n) is 1.88. The van der Waals surface area contributed by atoms with Gasteiger partial charge >= 0.3 is 5.97 Å². The van der Waals surface area contributed by atoms with Crippen LogP contribution in [0.5, 0.6) is 0 Å². The van der Waals surface area contributed by atoms with E-state index in [2.05, 4.69) is 0 Å². The van der Waals surface area contributed by atoms with E-state index >= 15 is 0 Å². The van der Waals surface area contributed by atoms with E-state index in [-0.39, 0.29) is 18.2 Å². The second kappa shape index (κ2) is 2.90. The molecule has 1 aliphatic rings. The first kappa shape index (κ1) is 8.04. The van der Waals surface area contributed by atoms with E-state index in [1.807, 2.05) is 0 Å². The number of hydrogen-bond donors (Lipinski definition) is 1. The fourth-order valence-corrected chi connectivity index (χ4v) is 1.34. The summed E-state index contributed by atoms with van der Waals surface area (Å²) in [5.41, 5.74) is 0. The van der Waals surface area contributed by atoms with Crippen LogP contribution in [0.2, 0.25) is 0 Å². The van der Waals surface area contributed by atoms with Gasteiger partial charge in [-0.1, -0.05) is 0 Å². The highest BCUT2D eigenvalue weighted by atomic mass is 16.4. The molecule has 0 aromatic heterocycles. The molecule has 0 bridgehead atoms. The minimum Gasteiger partial charge on any atom is -0.481 e. The molecule has 1 saturated heterocycles. The smallest absolute Gasteiger partial charge is 0.303 e. The number of carbonyl (C=O) groups is 2. The van der Waals surface area contributed by atoms with Crippen LogP contribution in [-0.2, 0) is 9.59 Å². The lowest BCUT2D eigenvalue weighted by Gasteiger charge is -2.06.